The number of anilines is 2. The van der Waals surface area contributed by atoms with E-state index in [1.165, 1.54) is 6.92 Å². The van der Waals surface area contributed by atoms with Gasteiger partial charge in [-0.3, -0.25) is 9.78 Å². The van der Waals surface area contributed by atoms with E-state index >= 15 is 0 Å². The maximum absolute atomic E-state index is 12.8. The van der Waals surface area contributed by atoms with Crippen molar-refractivity contribution in [1.82, 2.24) is 20.6 Å². The van der Waals surface area contributed by atoms with Crippen molar-refractivity contribution in [2.24, 2.45) is 0 Å². The molecule has 1 saturated heterocycles. The lowest BCUT2D eigenvalue weighted by Gasteiger charge is -2.39. The van der Waals surface area contributed by atoms with E-state index in [2.05, 4.69) is 30.8 Å². The second kappa shape index (κ2) is 11.7. The van der Waals surface area contributed by atoms with Gasteiger partial charge in [0.05, 0.1) is 13.3 Å². The highest BCUT2D eigenvalue weighted by molar-refractivity contribution is 6.30. The molecule has 36 heavy (non-hydrogen) atoms. The summed E-state index contributed by atoms with van der Waals surface area (Å²) >= 11 is 5.94. The Labute approximate surface area is 215 Å². The van der Waals surface area contributed by atoms with Crippen LogP contribution in [0.1, 0.15) is 30.5 Å². The van der Waals surface area contributed by atoms with Crippen LogP contribution in [-0.4, -0.2) is 48.1 Å². The first kappa shape index (κ1) is 25.2. The molecular weight excluding hydrogens is 480 g/mol. The summed E-state index contributed by atoms with van der Waals surface area (Å²) in [7, 11) is 1.60. The molecule has 2 atom stereocenters. The normalized spacial score (nSPS) is 17.2. The maximum Gasteiger partial charge on any atom is 0.319 e. The first-order valence-corrected chi connectivity index (χ1v) is 12.1. The lowest BCUT2D eigenvalue weighted by molar-refractivity contribution is -0.119. The number of hydrogen-bond acceptors (Lipinski definition) is 6. The zero-order valence-corrected chi connectivity index (χ0v) is 21.0. The van der Waals surface area contributed by atoms with Crippen LogP contribution < -0.4 is 25.6 Å². The Morgan fingerprint density at radius 3 is 2.53 bits per heavy atom. The van der Waals surface area contributed by atoms with Crippen LogP contribution >= 0.6 is 11.6 Å². The van der Waals surface area contributed by atoms with Crippen LogP contribution in [0.4, 0.5) is 16.3 Å². The summed E-state index contributed by atoms with van der Waals surface area (Å²) in [6.45, 7) is 3.28. The van der Waals surface area contributed by atoms with Gasteiger partial charge in [0.15, 0.2) is 0 Å². The molecule has 3 aromatic rings. The molecule has 0 saturated carbocycles. The fourth-order valence-corrected chi connectivity index (χ4v) is 4.29. The molecule has 9 nitrogen and oxygen atoms in total. The van der Waals surface area contributed by atoms with Crippen molar-refractivity contribution in [3.05, 3.63) is 77.2 Å². The number of nitrogens with one attached hydrogen (secondary N) is 3. The molecule has 1 aliphatic heterocycles. The van der Waals surface area contributed by atoms with Crippen molar-refractivity contribution in [2.75, 3.05) is 30.4 Å². The van der Waals surface area contributed by atoms with Crippen molar-refractivity contribution in [3.8, 4) is 5.75 Å². The fraction of sp³-hybridized carbons (Fsp3) is 0.308. The van der Waals surface area contributed by atoms with Crippen molar-refractivity contribution >= 4 is 35.0 Å². The summed E-state index contributed by atoms with van der Waals surface area (Å²) in [6.07, 6.45) is 4.17. The molecular formula is C26H29ClN6O3. The number of carbonyl (C=O) groups excluding carboxylic acids is 2. The largest absolute Gasteiger partial charge is 0.495 e. The van der Waals surface area contributed by atoms with Gasteiger partial charge in [0.1, 0.15) is 11.6 Å². The van der Waals surface area contributed by atoms with Gasteiger partial charge in [0.25, 0.3) is 0 Å². The number of carbonyl (C=O) groups is 2. The van der Waals surface area contributed by atoms with Crippen LogP contribution in [0.2, 0.25) is 5.02 Å². The second-order valence-electron chi connectivity index (χ2n) is 8.61. The Balaban J connectivity index is 1.48. The van der Waals surface area contributed by atoms with E-state index in [0.29, 0.717) is 36.0 Å². The average Bonchev–Trinajstić information content (AvgIpc) is 2.89. The smallest absolute Gasteiger partial charge is 0.319 e. The highest BCUT2D eigenvalue weighted by atomic mass is 35.5. The number of benzene rings is 1. The van der Waals surface area contributed by atoms with Crippen LogP contribution in [0.3, 0.4) is 0 Å². The molecule has 0 spiro atoms. The maximum atomic E-state index is 12.8. The Morgan fingerprint density at radius 2 is 1.89 bits per heavy atom. The Hall–Kier alpha value is -3.85. The van der Waals surface area contributed by atoms with Crippen LogP contribution in [0.5, 0.6) is 5.75 Å². The molecule has 1 fully saturated rings. The van der Waals surface area contributed by atoms with E-state index in [1.54, 1.807) is 43.8 Å². The van der Waals surface area contributed by atoms with Crippen LogP contribution in [0, 0.1) is 0 Å². The third kappa shape index (κ3) is 6.63. The minimum absolute atomic E-state index is 0.0681. The Bertz CT molecular complexity index is 1170. The van der Waals surface area contributed by atoms with Crippen molar-refractivity contribution in [2.45, 2.75) is 31.8 Å². The topological polar surface area (TPSA) is 108 Å². The fourth-order valence-electron chi connectivity index (χ4n) is 4.17. The average molecular weight is 509 g/mol. The lowest BCUT2D eigenvalue weighted by Crippen LogP contribution is -2.51. The van der Waals surface area contributed by atoms with Crippen LogP contribution in [-0.2, 0) is 11.3 Å². The van der Waals surface area contributed by atoms with Gasteiger partial charge in [-0.2, -0.15) is 0 Å². The number of rotatable bonds is 7. The van der Waals surface area contributed by atoms with Gasteiger partial charge in [0, 0.05) is 61.1 Å². The van der Waals surface area contributed by atoms with E-state index in [-0.39, 0.29) is 23.9 Å². The molecule has 0 radical (unpaired) electrons. The van der Waals surface area contributed by atoms with Gasteiger partial charge in [-0.05, 0) is 54.4 Å². The molecule has 188 valence electrons. The first-order valence-electron chi connectivity index (χ1n) is 11.7. The summed E-state index contributed by atoms with van der Waals surface area (Å²) in [5.74, 6) is 1.36. The molecule has 1 aliphatic rings. The molecule has 4 rings (SSSR count). The lowest BCUT2D eigenvalue weighted by atomic mass is 9.88. The van der Waals surface area contributed by atoms with Gasteiger partial charge in [-0.25, -0.2) is 9.78 Å². The monoisotopic (exact) mass is 508 g/mol. The van der Waals surface area contributed by atoms with Crippen molar-refractivity contribution < 1.29 is 14.3 Å². The van der Waals surface area contributed by atoms with Gasteiger partial charge in [-0.15, -0.1) is 0 Å². The number of pyridine rings is 2. The molecule has 3 heterocycles. The number of urea groups is 1. The van der Waals surface area contributed by atoms with Crippen LogP contribution in [0.15, 0.2) is 60.9 Å². The zero-order chi connectivity index (χ0) is 25.5. The molecule has 0 unspecified atom stereocenters. The number of aromatic nitrogens is 2. The number of amides is 3. The summed E-state index contributed by atoms with van der Waals surface area (Å²) in [6, 6.07) is 14.3. The third-order valence-electron chi connectivity index (χ3n) is 6.08. The van der Waals surface area contributed by atoms with E-state index < -0.39 is 0 Å². The minimum atomic E-state index is -0.283. The number of nitrogens with zero attached hydrogens (tertiary/aromatic N) is 3. The van der Waals surface area contributed by atoms with Gasteiger partial charge >= 0.3 is 6.03 Å². The number of halogens is 1. The summed E-state index contributed by atoms with van der Waals surface area (Å²) < 4.78 is 5.26. The number of hydrogen-bond donors (Lipinski definition) is 3. The molecule has 0 aliphatic carbocycles. The number of ether oxygens (including phenoxy) is 1. The van der Waals surface area contributed by atoms with E-state index in [1.807, 2.05) is 24.3 Å². The van der Waals surface area contributed by atoms with Crippen molar-refractivity contribution in [1.29, 1.82) is 0 Å². The molecule has 0 bridgehead atoms. The predicted octanol–water partition coefficient (Wildman–Crippen LogP) is 3.96. The molecule has 2 aromatic heterocycles. The number of piperidine rings is 1. The summed E-state index contributed by atoms with van der Waals surface area (Å²) in [5, 5.41) is 9.38. The third-order valence-corrected chi connectivity index (χ3v) is 6.33. The number of methoxy groups -OCH3 is 1. The van der Waals surface area contributed by atoms with E-state index in [9.17, 15) is 9.59 Å². The second-order valence-corrected chi connectivity index (χ2v) is 9.05. The van der Waals surface area contributed by atoms with Gasteiger partial charge < -0.3 is 25.6 Å². The van der Waals surface area contributed by atoms with Crippen LogP contribution in [0.25, 0.3) is 0 Å². The van der Waals surface area contributed by atoms with Gasteiger partial charge in [-0.1, -0.05) is 17.7 Å². The Kier molecular flexibility index (Phi) is 8.22. The molecule has 3 N–H and O–H groups in total. The highest BCUT2D eigenvalue weighted by Gasteiger charge is 2.33. The quantitative estimate of drug-likeness (QED) is 0.446. The Morgan fingerprint density at radius 1 is 1.08 bits per heavy atom. The molecule has 3 amide bonds. The first-order chi connectivity index (χ1) is 17.4. The summed E-state index contributed by atoms with van der Waals surface area (Å²) in [4.78, 5) is 35.4. The van der Waals surface area contributed by atoms with Gasteiger partial charge in [0.2, 0.25) is 5.91 Å². The zero-order valence-electron chi connectivity index (χ0n) is 20.2. The predicted molar refractivity (Wildman–Crippen MR) is 140 cm³/mol. The summed E-state index contributed by atoms with van der Waals surface area (Å²) in [5.41, 5.74) is 2.45. The van der Waals surface area contributed by atoms with E-state index in [4.69, 9.17) is 16.3 Å². The SMILES string of the molecule is COc1ccc([C@@H]2CN(c3ccc(CNC(C)=O)cn3)CC[C@H]2NC(=O)Nc2ccc(Cl)cc2)nc1. The molecule has 10 heteroatoms. The highest BCUT2D eigenvalue weighted by Crippen LogP contribution is 2.30. The minimum Gasteiger partial charge on any atom is -0.495 e. The molecule has 1 aromatic carbocycles. The standard InChI is InChI=1S/C26H29ClN6O3/c1-17(34)28-13-18-3-10-25(30-14-18)33-12-11-24(22(16-33)23-9-8-21(36-2)15-29-23)32-26(35)31-20-6-4-19(27)5-7-20/h3-10,14-15,22,24H,11-13,16H2,1-2H3,(H,28,34)(H2,31,32,35)/t22-,24+/m0/s1. The van der Waals surface area contributed by atoms with E-state index in [0.717, 1.165) is 23.6 Å². The van der Waals surface area contributed by atoms with Crippen molar-refractivity contribution in [3.63, 3.8) is 0 Å².